The second-order valence-corrected chi connectivity index (χ2v) is 4.83. The molecule has 18 heavy (non-hydrogen) atoms. The van der Waals surface area contributed by atoms with Crippen LogP contribution in [0.15, 0.2) is 12.3 Å². The summed E-state index contributed by atoms with van der Waals surface area (Å²) in [5.41, 5.74) is 0.402. The van der Waals surface area contributed by atoms with Crippen LogP contribution in [0.25, 0.3) is 0 Å². The molecule has 1 aliphatic heterocycles. The van der Waals surface area contributed by atoms with E-state index in [-0.39, 0.29) is 0 Å². The SMILES string of the molecule is CC1CCN(CCNc2nccc(C#N)n2)CC1. The predicted octanol–water partition coefficient (Wildman–Crippen LogP) is 1.49. The molecular weight excluding hydrogens is 226 g/mol. The molecule has 1 fully saturated rings. The fourth-order valence-electron chi connectivity index (χ4n) is 2.12. The second-order valence-electron chi connectivity index (χ2n) is 4.83. The van der Waals surface area contributed by atoms with E-state index in [9.17, 15) is 0 Å². The molecule has 1 aliphatic rings. The van der Waals surface area contributed by atoms with Crippen molar-refractivity contribution in [1.82, 2.24) is 14.9 Å². The second kappa shape index (κ2) is 6.31. The number of anilines is 1. The molecule has 0 aromatic carbocycles. The van der Waals surface area contributed by atoms with Crippen molar-refractivity contribution >= 4 is 5.95 Å². The molecule has 5 nitrogen and oxygen atoms in total. The van der Waals surface area contributed by atoms with Crippen LogP contribution in [0, 0.1) is 17.2 Å². The Labute approximate surface area is 108 Å². The van der Waals surface area contributed by atoms with Crippen molar-refractivity contribution in [1.29, 1.82) is 5.26 Å². The molecule has 1 N–H and O–H groups in total. The highest BCUT2D eigenvalue weighted by Crippen LogP contribution is 2.15. The van der Waals surface area contributed by atoms with E-state index in [1.54, 1.807) is 12.3 Å². The molecule has 0 atom stereocenters. The molecule has 0 aliphatic carbocycles. The summed E-state index contributed by atoms with van der Waals surface area (Å²) in [4.78, 5) is 10.6. The lowest BCUT2D eigenvalue weighted by Crippen LogP contribution is -2.36. The Bertz CT molecular complexity index is 418. The highest BCUT2D eigenvalue weighted by molar-refractivity contribution is 5.29. The molecule has 1 saturated heterocycles. The van der Waals surface area contributed by atoms with E-state index >= 15 is 0 Å². The highest BCUT2D eigenvalue weighted by Gasteiger charge is 2.14. The summed E-state index contributed by atoms with van der Waals surface area (Å²) >= 11 is 0. The van der Waals surface area contributed by atoms with Gasteiger partial charge in [-0.1, -0.05) is 6.92 Å². The average molecular weight is 245 g/mol. The van der Waals surface area contributed by atoms with Gasteiger partial charge in [-0.3, -0.25) is 0 Å². The number of hydrogen-bond acceptors (Lipinski definition) is 5. The Kier molecular flexibility index (Phi) is 4.48. The predicted molar refractivity (Wildman–Crippen MR) is 70.1 cm³/mol. The Balaban J connectivity index is 1.73. The van der Waals surface area contributed by atoms with Gasteiger partial charge in [-0.25, -0.2) is 9.97 Å². The molecule has 0 radical (unpaired) electrons. The maximum Gasteiger partial charge on any atom is 0.223 e. The summed E-state index contributed by atoms with van der Waals surface area (Å²) in [6.45, 7) is 6.51. The molecule has 96 valence electrons. The Hall–Kier alpha value is -1.67. The van der Waals surface area contributed by atoms with E-state index < -0.39 is 0 Å². The summed E-state index contributed by atoms with van der Waals surface area (Å²) in [6, 6.07) is 3.62. The number of nitrogens with zero attached hydrogens (tertiary/aromatic N) is 4. The van der Waals surface area contributed by atoms with Crippen LogP contribution in [0.3, 0.4) is 0 Å². The summed E-state index contributed by atoms with van der Waals surface area (Å²) < 4.78 is 0. The summed E-state index contributed by atoms with van der Waals surface area (Å²) in [7, 11) is 0. The zero-order valence-corrected chi connectivity index (χ0v) is 10.8. The fourth-order valence-corrected chi connectivity index (χ4v) is 2.12. The van der Waals surface area contributed by atoms with E-state index in [0.29, 0.717) is 11.6 Å². The number of hydrogen-bond donors (Lipinski definition) is 1. The first-order chi connectivity index (χ1) is 8.78. The van der Waals surface area contributed by atoms with E-state index in [1.807, 2.05) is 6.07 Å². The minimum absolute atomic E-state index is 0.402. The smallest absolute Gasteiger partial charge is 0.223 e. The van der Waals surface area contributed by atoms with Crippen LogP contribution in [0.1, 0.15) is 25.5 Å². The maximum atomic E-state index is 8.74. The first-order valence-electron chi connectivity index (χ1n) is 6.47. The van der Waals surface area contributed by atoms with Gasteiger partial charge in [0.15, 0.2) is 0 Å². The topological polar surface area (TPSA) is 64.8 Å². The third-order valence-corrected chi connectivity index (χ3v) is 3.36. The fraction of sp³-hybridized carbons (Fsp3) is 0.615. The number of nitriles is 1. The van der Waals surface area contributed by atoms with Crippen LogP contribution in [0.4, 0.5) is 5.95 Å². The van der Waals surface area contributed by atoms with Crippen LogP contribution < -0.4 is 5.32 Å². The zero-order valence-electron chi connectivity index (χ0n) is 10.8. The third-order valence-electron chi connectivity index (χ3n) is 3.36. The molecule has 2 rings (SSSR count). The molecule has 0 amide bonds. The van der Waals surface area contributed by atoms with Crippen molar-refractivity contribution < 1.29 is 0 Å². The van der Waals surface area contributed by atoms with Crippen LogP contribution in [-0.2, 0) is 0 Å². The van der Waals surface area contributed by atoms with Crippen molar-refractivity contribution in [3.8, 4) is 6.07 Å². The Morgan fingerprint density at radius 2 is 2.28 bits per heavy atom. The Morgan fingerprint density at radius 1 is 1.50 bits per heavy atom. The normalized spacial score (nSPS) is 17.3. The number of likely N-dealkylation sites (tertiary alicyclic amines) is 1. The summed E-state index contributed by atoms with van der Waals surface area (Å²) in [6.07, 6.45) is 4.19. The van der Waals surface area contributed by atoms with Crippen molar-refractivity contribution in [3.05, 3.63) is 18.0 Å². The minimum Gasteiger partial charge on any atom is -0.353 e. The number of nitrogens with one attached hydrogen (secondary N) is 1. The first kappa shape index (κ1) is 12.8. The van der Waals surface area contributed by atoms with Gasteiger partial charge in [0.25, 0.3) is 0 Å². The lowest BCUT2D eigenvalue weighted by Gasteiger charge is -2.30. The lowest BCUT2D eigenvalue weighted by atomic mass is 9.99. The maximum absolute atomic E-state index is 8.74. The number of rotatable bonds is 4. The minimum atomic E-state index is 0.402. The molecule has 2 heterocycles. The molecule has 0 spiro atoms. The standard InChI is InChI=1S/C13H19N5/c1-11-3-7-18(8-4-11)9-6-16-13-15-5-2-12(10-14)17-13/h2,5,11H,3-4,6-9H2,1H3,(H,15,16,17). The van der Waals surface area contributed by atoms with Gasteiger partial charge in [-0.05, 0) is 37.9 Å². The van der Waals surface area contributed by atoms with E-state index in [4.69, 9.17) is 5.26 Å². The number of aromatic nitrogens is 2. The molecule has 0 unspecified atom stereocenters. The van der Waals surface area contributed by atoms with Gasteiger partial charge >= 0.3 is 0 Å². The molecule has 1 aromatic rings. The van der Waals surface area contributed by atoms with Crippen molar-refractivity contribution in [2.45, 2.75) is 19.8 Å². The van der Waals surface area contributed by atoms with Gasteiger partial charge in [-0.2, -0.15) is 5.26 Å². The Morgan fingerprint density at radius 3 is 3.00 bits per heavy atom. The van der Waals surface area contributed by atoms with Crippen molar-refractivity contribution in [2.24, 2.45) is 5.92 Å². The third kappa shape index (κ3) is 3.67. The largest absolute Gasteiger partial charge is 0.353 e. The first-order valence-corrected chi connectivity index (χ1v) is 6.47. The average Bonchev–Trinajstić information content (AvgIpc) is 2.41. The van der Waals surface area contributed by atoms with Gasteiger partial charge in [0.1, 0.15) is 11.8 Å². The van der Waals surface area contributed by atoms with E-state index in [1.165, 1.54) is 25.9 Å². The van der Waals surface area contributed by atoms with Gasteiger partial charge < -0.3 is 10.2 Å². The zero-order chi connectivity index (χ0) is 12.8. The van der Waals surface area contributed by atoms with Gasteiger partial charge in [0.05, 0.1) is 0 Å². The van der Waals surface area contributed by atoms with Crippen LogP contribution in [0.5, 0.6) is 0 Å². The highest BCUT2D eigenvalue weighted by atomic mass is 15.2. The molecule has 0 bridgehead atoms. The van der Waals surface area contributed by atoms with Crippen molar-refractivity contribution in [2.75, 3.05) is 31.5 Å². The van der Waals surface area contributed by atoms with Crippen molar-refractivity contribution in [3.63, 3.8) is 0 Å². The lowest BCUT2D eigenvalue weighted by molar-refractivity contribution is 0.199. The van der Waals surface area contributed by atoms with E-state index in [2.05, 4.69) is 27.1 Å². The summed E-state index contributed by atoms with van der Waals surface area (Å²) in [5, 5.41) is 11.9. The van der Waals surface area contributed by atoms with Crippen LogP contribution in [-0.4, -0.2) is 41.0 Å². The quantitative estimate of drug-likeness (QED) is 0.870. The molecule has 0 saturated carbocycles. The monoisotopic (exact) mass is 245 g/mol. The van der Waals surface area contributed by atoms with Crippen LogP contribution >= 0.6 is 0 Å². The van der Waals surface area contributed by atoms with E-state index in [0.717, 1.165) is 19.0 Å². The van der Waals surface area contributed by atoms with Gasteiger partial charge in [0.2, 0.25) is 5.95 Å². The molecule has 5 heteroatoms. The molecular formula is C13H19N5. The summed E-state index contributed by atoms with van der Waals surface area (Å²) in [5.74, 6) is 1.41. The van der Waals surface area contributed by atoms with Gasteiger partial charge in [-0.15, -0.1) is 0 Å². The van der Waals surface area contributed by atoms with Gasteiger partial charge in [0, 0.05) is 19.3 Å². The molecule has 1 aromatic heterocycles. The number of piperidine rings is 1. The van der Waals surface area contributed by atoms with Crippen LogP contribution in [0.2, 0.25) is 0 Å².